The maximum absolute atomic E-state index is 12.6. The highest BCUT2D eigenvalue weighted by Gasteiger charge is 2.30. The van der Waals surface area contributed by atoms with E-state index in [-0.39, 0.29) is 28.3 Å². The molecule has 0 bridgehead atoms. The maximum Gasteiger partial charge on any atom is 0.312 e. The summed E-state index contributed by atoms with van der Waals surface area (Å²) in [6, 6.07) is 3.01. The molecule has 29 heavy (non-hydrogen) atoms. The zero-order valence-corrected chi connectivity index (χ0v) is 16.0. The molecule has 1 amide bonds. The predicted molar refractivity (Wildman–Crippen MR) is 100 cm³/mol. The van der Waals surface area contributed by atoms with E-state index in [1.54, 1.807) is 0 Å². The lowest BCUT2D eigenvalue weighted by Crippen LogP contribution is -2.44. The number of benzene rings is 1. The third kappa shape index (κ3) is 4.55. The van der Waals surface area contributed by atoms with E-state index in [0.717, 1.165) is 0 Å². The number of nitrogens with one attached hydrogen (secondary N) is 1. The summed E-state index contributed by atoms with van der Waals surface area (Å²) in [5, 5.41) is 48.4. The smallest absolute Gasteiger partial charge is 0.312 e. The van der Waals surface area contributed by atoms with Crippen LogP contribution in [0.4, 0.5) is 11.4 Å². The number of nitrogens with zero attached hydrogens (tertiary/aromatic N) is 4. The van der Waals surface area contributed by atoms with Crippen molar-refractivity contribution in [3.05, 3.63) is 61.4 Å². The van der Waals surface area contributed by atoms with Crippen LogP contribution in [0.5, 0.6) is 0 Å². The minimum atomic E-state index is -1.33. The van der Waals surface area contributed by atoms with Crippen molar-refractivity contribution in [1.82, 2.24) is 15.1 Å². The van der Waals surface area contributed by atoms with Crippen molar-refractivity contribution in [1.29, 1.82) is 0 Å². The monoisotopic (exact) mass is 407 g/mol. The lowest BCUT2D eigenvalue weighted by Gasteiger charge is -2.24. The summed E-state index contributed by atoms with van der Waals surface area (Å²) < 4.78 is 1.20. The van der Waals surface area contributed by atoms with E-state index >= 15 is 0 Å². The Morgan fingerprint density at radius 1 is 1.21 bits per heavy atom. The number of aromatic nitrogens is 2. The van der Waals surface area contributed by atoms with Gasteiger partial charge in [-0.15, -0.1) is 0 Å². The van der Waals surface area contributed by atoms with Gasteiger partial charge in [-0.2, -0.15) is 5.10 Å². The standard InChI is InChI=1S/C17H21N5O7/c1-9-15(22(28)29)10(2)20(19-9)11(3)17(25)18-14(8-23)16(24)12-4-6-13(7-5-12)21(26)27/h4-7,11,14,16,23-24H,8H2,1-3H3,(H,18,25). The maximum atomic E-state index is 12.6. The first-order valence-electron chi connectivity index (χ1n) is 8.62. The lowest BCUT2D eigenvalue weighted by atomic mass is 10.0. The molecule has 2 rings (SSSR count). The molecule has 0 aliphatic rings. The van der Waals surface area contributed by atoms with Crippen LogP contribution in [0, 0.1) is 34.1 Å². The van der Waals surface area contributed by atoms with E-state index in [4.69, 9.17) is 0 Å². The lowest BCUT2D eigenvalue weighted by molar-refractivity contribution is -0.386. The number of aliphatic hydroxyl groups excluding tert-OH is 2. The van der Waals surface area contributed by atoms with Gasteiger partial charge in [0.25, 0.3) is 5.69 Å². The van der Waals surface area contributed by atoms with Crippen molar-refractivity contribution in [2.45, 2.75) is 39.0 Å². The molecule has 2 aromatic rings. The fraction of sp³-hybridized carbons (Fsp3) is 0.412. The molecule has 1 heterocycles. The summed E-state index contributed by atoms with van der Waals surface area (Å²) in [5.41, 5.74) is 0.285. The van der Waals surface area contributed by atoms with E-state index in [9.17, 15) is 35.2 Å². The first kappa shape index (κ1) is 21.9. The van der Waals surface area contributed by atoms with Crippen molar-refractivity contribution in [2.75, 3.05) is 6.61 Å². The third-order valence-corrected chi connectivity index (χ3v) is 4.57. The van der Waals surface area contributed by atoms with Crippen molar-refractivity contribution in [3.63, 3.8) is 0 Å². The van der Waals surface area contributed by atoms with Crippen LogP contribution < -0.4 is 5.32 Å². The number of hydrogen-bond donors (Lipinski definition) is 3. The number of aryl methyl sites for hydroxylation is 1. The van der Waals surface area contributed by atoms with E-state index in [1.165, 1.54) is 49.7 Å². The molecule has 3 unspecified atom stereocenters. The molecule has 0 saturated heterocycles. The molecule has 3 atom stereocenters. The molecule has 0 saturated carbocycles. The van der Waals surface area contributed by atoms with Crippen molar-refractivity contribution >= 4 is 17.3 Å². The van der Waals surface area contributed by atoms with Gasteiger partial charge in [-0.05, 0) is 38.5 Å². The molecule has 1 aromatic heterocycles. The minimum absolute atomic E-state index is 0.162. The van der Waals surface area contributed by atoms with Crippen LogP contribution in [-0.2, 0) is 4.79 Å². The summed E-state index contributed by atoms with van der Waals surface area (Å²) >= 11 is 0. The van der Waals surface area contributed by atoms with Crippen molar-refractivity contribution < 1.29 is 24.9 Å². The molecule has 3 N–H and O–H groups in total. The highest BCUT2D eigenvalue weighted by Crippen LogP contribution is 2.25. The number of nitro benzene ring substituents is 1. The van der Waals surface area contributed by atoms with E-state index in [0.29, 0.717) is 0 Å². The molecule has 0 radical (unpaired) electrons. The molecule has 0 spiro atoms. The number of amides is 1. The molecule has 0 fully saturated rings. The Kier molecular flexibility index (Phi) is 6.61. The highest BCUT2D eigenvalue weighted by molar-refractivity contribution is 5.80. The molecule has 0 aliphatic heterocycles. The van der Waals surface area contributed by atoms with E-state index in [1.807, 2.05) is 0 Å². The Bertz CT molecular complexity index is 925. The van der Waals surface area contributed by atoms with E-state index in [2.05, 4.69) is 10.4 Å². The van der Waals surface area contributed by atoms with Gasteiger partial charge in [0.15, 0.2) is 0 Å². The van der Waals surface area contributed by atoms with Crippen LogP contribution in [0.1, 0.15) is 36.0 Å². The number of nitro groups is 2. The van der Waals surface area contributed by atoms with Gasteiger partial charge < -0.3 is 15.5 Å². The molecular weight excluding hydrogens is 386 g/mol. The second kappa shape index (κ2) is 8.75. The Morgan fingerprint density at radius 2 is 1.79 bits per heavy atom. The second-order valence-corrected chi connectivity index (χ2v) is 6.49. The van der Waals surface area contributed by atoms with Crippen LogP contribution >= 0.6 is 0 Å². The van der Waals surface area contributed by atoms with Crippen LogP contribution in [-0.4, -0.2) is 48.4 Å². The first-order chi connectivity index (χ1) is 13.6. The zero-order chi connectivity index (χ0) is 21.9. The molecule has 0 aliphatic carbocycles. The summed E-state index contributed by atoms with van der Waals surface area (Å²) in [6.07, 6.45) is -1.33. The zero-order valence-electron chi connectivity index (χ0n) is 16.0. The number of aliphatic hydroxyl groups is 2. The van der Waals surface area contributed by atoms with Crippen LogP contribution in [0.2, 0.25) is 0 Å². The van der Waals surface area contributed by atoms with Gasteiger partial charge in [0.1, 0.15) is 23.5 Å². The summed E-state index contributed by atoms with van der Waals surface area (Å²) in [4.78, 5) is 33.3. The number of rotatable bonds is 8. The van der Waals surface area contributed by atoms with Crippen LogP contribution in [0.25, 0.3) is 0 Å². The Balaban J connectivity index is 2.17. The topological polar surface area (TPSA) is 174 Å². The highest BCUT2D eigenvalue weighted by atomic mass is 16.6. The van der Waals surface area contributed by atoms with Crippen LogP contribution in [0.15, 0.2) is 24.3 Å². The SMILES string of the molecule is Cc1nn(C(C)C(=O)NC(CO)C(O)c2ccc([N+](=O)[O-])cc2)c(C)c1[N+](=O)[O-]. The number of hydrogen-bond acceptors (Lipinski definition) is 8. The Hall–Kier alpha value is -3.38. The van der Waals surface area contributed by atoms with Crippen molar-refractivity contribution in [2.24, 2.45) is 0 Å². The molecule has 12 nitrogen and oxygen atoms in total. The van der Waals surface area contributed by atoms with Gasteiger partial charge in [0.2, 0.25) is 5.91 Å². The van der Waals surface area contributed by atoms with Gasteiger partial charge in [0, 0.05) is 12.1 Å². The fourth-order valence-electron chi connectivity index (χ4n) is 2.96. The quantitative estimate of drug-likeness (QED) is 0.430. The second-order valence-electron chi connectivity index (χ2n) is 6.49. The van der Waals surface area contributed by atoms with Gasteiger partial charge >= 0.3 is 5.69 Å². The molecule has 156 valence electrons. The average Bonchev–Trinajstić information content (AvgIpc) is 2.98. The predicted octanol–water partition coefficient (Wildman–Crippen LogP) is 1.09. The Labute approximate surface area is 165 Å². The summed E-state index contributed by atoms with van der Waals surface area (Å²) in [6.45, 7) is 3.80. The van der Waals surface area contributed by atoms with Gasteiger partial charge in [-0.1, -0.05) is 0 Å². The normalized spacial score (nSPS) is 14.1. The largest absolute Gasteiger partial charge is 0.394 e. The third-order valence-electron chi connectivity index (χ3n) is 4.57. The van der Waals surface area contributed by atoms with E-state index < -0.39 is 40.5 Å². The van der Waals surface area contributed by atoms with Crippen LogP contribution in [0.3, 0.4) is 0 Å². The first-order valence-corrected chi connectivity index (χ1v) is 8.62. The number of carbonyl (C=O) groups excluding carboxylic acids is 1. The van der Waals surface area contributed by atoms with Gasteiger partial charge in [-0.25, -0.2) is 0 Å². The number of non-ortho nitro benzene ring substituents is 1. The minimum Gasteiger partial charge on any atom is -0.394 e. The average molecular weight is 407 g/mol. The van der Waals surface area contributed by atoms with Crippen molar-refractivity contribution in [3.8, 4) is 0 Å². The fourth-order valence-corrected chi connectivity index (χ4v) is 2.96. The summed E-state index contributed by atoms with van der Waals surface area (Å²) in [5.74, 6) is -0.620. The molecular formula is C17H21N5O7. The molecule has 12 heteroatoms. The van der Waals surface area contributed by atoms with Gasteiger partial charge in [-0.3, -0.25) is 29.7 Å². The van der Waals surface area contributed by atoms with Gasteiger partial charge in [0.05, 0.1) is 22.5 Å². The number of carbonyl (C=O) groups is 1. The summed E-state index contributed by atoms with van der Waals surface area (Å²) in [7, 11) is 0. The Morgan fingerprint density at radius 3 is 2.24 bits per heavy atom. The molecule has 1 aromatic carbocycles.